The van der Waals surface area contributed by atoms with Crippen LogP contribution in [0, 0.1) is 0 Å². The highest BCUT2D eigenvalue weighted by Gasteiger charge is 2.19. The third kappa shape index (κ3) is 3.68. The maximum atomic E-state index is 12.9. The first-order valence-electron chi connectivity index (χ1n) is 10.7. The minimum absolute atomic E-state index is 0.323. The van der Waals surface area contributed by atoms with Crippen LogP contribution in [0.2, 0.25) is 0 Å². The lowest BCUT2D eigenvalue weighted by atomic mass is 10.0. The Morgan fingerprint density at radius 2 is 2.15 bits per heavy atom. The number of fused-ring (bicyclic) bond motifs is 2. The smallest absolute Gasteiger partial charge is 0.331 e. The van der Waals surface area contributed by atoms with Crippen molar-refractivity contribution in [3.8, 4) is 11.6 Å². The summed E-state index contributed by atoms with van der Waals surface area (Å²) in [5, 5.41) is 10.9. The highest BCUT2D eigenvalue weighted by molar-refractivity contribution is 5.98. The second-order valence-corrected chi connectivity index (χ2v) is 7.88. The normalized spacial score (nSPS) is 14.8. The fraction of sp³-hybridized carbons (Fsp3) is 0.167. The van der Waals surface area contributed by atoms with Gasteiger partial charge in [-0.2, -0.15) is 0 Å². The van der Waals surface area contributed by atoms with E-state index < -0.39 is 0 Å². The highest BCUT2D eigenvalue weighted by Crippen LogP contribution is 2.30. The number of hydrogen-bond acceptors (Lipinski definition) is 7. The molecule has 3 aromatic heterocycles. The van der Waals surface area contributed by atoms with E-state index in [1.54, 1.807) is 12.3 Å². The third-order valence-electron chi connectivity index (χ3n) is 5.76. The second kappa shape index (κ2) is 8.03. The number of hydrogen-bond donors (Lipinski definition) is 2. The Morgan fingerprint density at radius 3 is 3.06 bits per heavy atom. The van der Waals surface area contributed by atoms with Gasteiger partial charge in [-0.1, -0.05) is 23.4 Å². The molecule has 0 saturated carbocycles. The summed E-state index contributed by atoms with van der Waals surface area (Å²) >= 11 is 0. The molecular formula is C24H20N6O3. The molecule has 164 valence electrons. The minimum Gasteiger partial charge on any atom is -0.439 e. The molecule has 0 fully saturated rings. The maximum absolute atomic E-state index is 12.9. The Bertz CT molecular complexity index is 1430. The molecule has 4 heterocycles. The Morgan fingerprint density at radius 1 is 1.18 bits per heavy atom. The van der Waals surface area contributed by atoms with Crippen molar-refractivity contribution in [2.75, 3.05) is 5.32 Å². The van der Waals surface area contributed by atoms with Crippen molar-refractivity contribution in [3.63, 3.8) is 0 Å². The molecule has 1 aromatic carbocycles. The molecule has 0 radical (unpaired) electrons. The predicted molar refractivity (Wildman–Crippen MR) is 122 cm³/mol. The van der Waals surface area contributed by atoms with Crippen molar-refractivity contribution < 1.29 is 14.1 Å². The molecule has 2 N–H and O–H groups in total. The van der Waals surface area contributed by atoms with Crippen LogP contribution < -0.4 is 15.4 Å². The van der Waals surface area contributed by atoms with Gasteiger partial charge in [-0.3, -0.25) is 9.88 Å². The highest BCUT2D eigenvalue weighted by atomic mass is 16.5. The fourth-order valence-electron chi connectivity index (χ4n) is 4.09. The number of anilines is 1. The molecule has 33 heavy (non-hydrogen) atoms. The largest absolute Gasteiger partial charge is 0.439 e. The number of allylic oxidation sites excluding steroid dienone is 4. The molecule has 1 aliphatic carbocycles. The number of carbonyl (C=O) groups is 1. The monoisotopic (exact) mass is 440 g/mol. The molecule has 6 rings (SSSR count). The molecule has 0 atom stereocenters. The standard InChI is InChI=1S/C24H20N6O3/c31-24(28-22-11-21(33-29-22)15-4-2-1-3-5-15)30-9-8-16-10-17(6-7-20(16)30)32-23-18-12-25-13-19(18)26-14-27-23/h1-2,4,6-11,14,25H,3,5,12-13H2,(H,28,29,31). The average Bonchev–Trinajstić information content (AvgIpc) is 3.59. The summed E-state index contributed by atoms with van der Waals surface area (Å²) in [5.41, 5.74) is 3.74. The van der Waals surface area contributed by atoms with Crippen LogP contribution in [0.5, 0.6) is 11.6 Å². The molecule has 0 bridgehead atoms. The number of amides is 1. The van der Waals surface area contributed by atoms with Crippen LogP contribution in [0.25, 0.3) is 16.5 Å². The van der Waals surface area contributed by atoms with Crippen molar-refractivity contribution >= 4 is 28.3 Å². The van der Waals surface area contributed by atoms with Gasteiger partial charge in [0.1, 0.15) is 12.1 Å². The first kappa shape index (κ1) is 19.4. The van der Waals surface area contributed by atoms with Crippen molar-refractivity contribution in [2.45, 2.75) is 25.9 Å². The van der Waals surface area contributed by atoms with Crippen LogP contribution in [0.1, 0.15) is 29.9 Å². The number of benzene rings is 1. The van der Waals surface area contributed by atoms with Gasteiger partial charge in [0.05, 0.1) is 16.8 Å². The van der Waals surface area contributed by atoms with E-state index in [9.17, 15) is 4.79 Å². The average molecular weight is 440 g/mol. The van der Waals surface area contributed by atoms with Crippen LogP contribution in [0.15, 0.2) is 65.6 Å². The van der Waals surface area contributed by atoms with E-state index in [1.165, 1.54) is 10.9 Å². The van der Waals surface area contributed by atoms with Gasteiger partial charge >= 0.3 is 6.03 Å². The number of nitrogens with zero attached hydrogens (tertiary/aromatic N) is 4. The number of nitrogens with one attached hydrogen (secondary N) is 2. The fourth-order valence-corrected chi connectivity index (χ4v) is 4.09. The Balaban J connectivity index is 1.20. The summed E-state index contributed by atoms with van der Waals surface area (Å²) in [6, 6.07) is 8.83. The molecule has 1 amide bonds. The number of carbonyl (C=O) groups excluding carboxylic acids is 1. The minimum atomic E-state index is -0.323. The summed E-state index contributed by atoms with van der Waals surface area (Å²) in [4.78, 5) is 21.4. The zero-order chi connectivity index (χ0) is 22.2. The molecule has 0 spiro atoms. The Kier molecular flexibility index (Phi) is 4.73. The number of rotatable bonds is 4. The Labute approximate surface area is 188 Å². The van der Waals surface area contributed by atoms with Crippen LogP contribution >= 0.6 is 0 Å². The molecule has 1 aliphatic heterocycles. The molecule has 9 heteroatoms. The third-order valence-corrected chi connectivity index (χ3v) is 5.76. The van der Waals surface area contributed by atoms with Gasteiger partial charge in [-0.05, 0) is 42.7 Å². The van der Waals surface area contributed by atoms with Crippen LogP contribution in [0.3, 0.4) is 0 Å². The van der Waals surface area contributed by atoms with Crippen LogP contribution in [-0.2, 0) is 13.1 Å². The van der Waals surface area contributed by atoms with Gasteiger partial charge in [-0.25, -0.2) is 14.8 Å². The van der Waals surface area contributed by atoms with E-state index in [1.807, 2.05) is 36.4 Å². The van der Waals surface area contributed by atoms with Crippen LogP contribution in [-0.4, -0.2) is 25.7 Å². The first-order chi connectivity index (χ1) is 16.2. The van der Waals surface area contributed by atoms with Crippen molar-refractivity contribution in [3.05, 3.63) is 78.1 Å². The van der Waals surface area contributed by atoms with E-state index in [4.69, 9.17) is 9.26 Å². The van der Waals surface area contributed by atoms with Crippen LogP contribution in [0.4, 0.5) is 10.6 Å². The SMILES string of the molecule is O=C(Nc1cc(C2=CC=CCC2)on1)n1ccc2cc(Oc3ncnc4c3CNC4)ccc21. The maximum Gasteiger partial charge on any atom is 0.331 e. The van der Waals surface area contributed by atoms with Gasteiger partial charge < -0.3 is 14.6 Å². The zero-order valence-corrected chi connectivity index (χ0v) is 17.6. The van der Waals surface area contributed by atoms with Gasteiger partial charge in [-0.15, -0.1) is 0 Å². The predicted octanol–water partition coefficient (Wildman–Crippen LogP) is 4.63. The molecule has 2 aliphatic rings. The molecule has 0 unspecified atom stereocenters. The number of ether oxygens (including phenoxy) is 1. The lowest BCUT2D eigenvalue weighted by Crippen LogP contribution is -2.18. The second-order valence-electron chi connectivity index (χ2n) is 7.88. The van der Waals surface area contributed by atoms with E-state index in [-0.39, 0.29) is 6.03 Å². The van der Waals surface area contributed by atoms with Gasteiger partial charge in [0.2, 0.25) is 5.88 Å². The van der Waals surface area contributed by atoms with Gasteiger partial charge in [0.25, 0.3) is 0 Å². The Hall–Kier alpha value is -4.24. The van der Waals surface area contributed by atoms with E-state index >= 15 is 0 Å². The van der Waals surface area contributed by atoms with E-state index in [0.29, 0.717) is 36.3 Å². The first-order valence-corrected chi connectivity index (χ1v) is 10.7. The topological polar surface area (TPSA) is 107 Å². The zero-order valence-electron chi connectivity index (χ0n) is 17.6. The van der Waals surface area contributed by atoms with Gasteiger partial charge in [0.15, 0.2) is 11.6 Å². The number of aromatic nitrogens is 4. The molecule has 0 saturated heterocycles. The van der Waals surface area contributed by atoms with Gasteiger partial charge in [0, 0.05) is 30.7 Å². The van der Waals surface area contributed by atoms with E-state index in [2.05, 4.69) is 31.8 Å². The molecular weight excluding hydrogens is 420 g/mol. The molecule has 9 nitrogen and oxygen atoms in total. The summed E-state index contributed by atoms with van der Waals surface area (Å²) in [6.07, 6.45) is 11.2. The molecule has 4 aromatic rings. The van der Waals surface area contributed by atoms with Crippen molar-refractivity contribution in [1.29, 1.82) is 0 Å². The quantitative estimate of drug-likeness (QED) is 0.476. The lowest BCUT2D eigenvalue weighted by molar-refractivity contribution is 0.254. The lowest BCUT2D eigenvalue weighted by Gasteiger charge is -2.09. The van der Waals surface area contributed by atoms with Crippen molar-refractivity contribution in [2.24, 2.45) is 0 Å². The summed E-state index contributed by atoms with van der Waals surface area (Å²) in [6.45, 7) is 1.40. The van der Waals surface area contributed by atoms with Crippen molar-refractivity contribution in [1.82, 2.24) is 25.0 Å². The summed E-state index contributed by atoms with van der Waals surface area (Å²) in [7, 11) is 0. The summed E-state index contributed by atoms with van der Waals surface area (Å²) in [5.74, 6) is 2.23. The summed E-state index contributed by atoms with van der Waals surface area (Å²) < 4.78 is 13.0. The van der Waals surface area contributed by atoms with E-state index in [0.717, 1.165) is 40.6 Å².